The fraction of sp³-hybridized carbons (Fsp3) is 0.667. The predicted octanol–water partition coefficient (Wildman–Crippen LogP) is 4.51. The van der Waals surface area contributed by atoms with Crippen LogP contribution in [0.3, 0.4) is 0 Å². The number of amides is 1. The summed E-state index contributed by atoms with van der Waals surface area (Å²) in [4.78, 5) is 23.7. The Balaban J connectivity index is 0.00000182. The molecule has 9 heteroatoms. The van der Waals surface area contributed by atoms with Crippen LogP contribution in [0, 0.1) is 5.92 Å². The molecule has 1 fully saturated rings. The summed E-state index contributed by atoms with van der Waals surface area (Å²) in [7, 11) is 2.00. The highest BCUT2D eigenvalue weighted by atomic mass is 35.5. The molecule has 0 saturated carbocycles. The summed E-state index contributed by atoms with van der Waals surface area (Å²) in [6.45, 7) is 9.06. The number of carbonyl (C=O) groups is 1. The highest BCUT2D eigenvalue weighted by molar-refractivity contribution is 7.29. The van der Waals surface area contributed by atoms with E-state index < -0.39 is 0 Å². The zero-order valence-electron chi connectivity index (χ0n) is 16.2. The fourth-order valence-corrected chi connectivity index (χ4v) is 5.69. The molecule has 1 amide bonds. The summed E-state index contributed by atoms with van der Waals surface area (Å²) >= 11 is 3.24. The number of halogens is 2. The van der Waals surface area contributed by atoms with Crippen LogP contribution in [0.25, 0.3) is 9.53 Å². The maximum absolute atomic E-state index is 12.8. The van der Waals surface area contributed by atoms with E-state index in [4.69, 9.17) is 4.98 Å². The quantitative estimate of drug-likeness (QED) is 0.670. The standard InChI is InChI=1S/C18H28N4OS2.2ClH/c1-4-21(5-2)18-20-16-14(25-18)12-15(24-16)17(23)22-10-7-13(8-11-22)6-9-19-3;;/h12-13,19H,4-11H2,1-3H3;2*1H. The van der Waals surface area contributed by atoms with Crippen LogP contribution in [0.1, 0.15) is 42.8 Å². The summed E-state index contributed by atoms with van der Waals surface area (Å²) in [6, 6.07) is 2.04. The number of nitrogens with zero attached hydrogens (tertiary/aromatic N) is 3. The molecule has 0 aromatic carbocycles. The second-order valence-corrected chi connectivity index (χ2v) is 8.62. The lowest BCUT2D eigenvalue weighted by Gasteiger charge is -2.31. The first-order valence-corrected chi connectivity index (χ1v) is 10.9. The zero-order valence-corrected chi connectivity index (χ0v) is 19.5. The Bertz CT molecular complexity index is 678. The Morgan fingerprint density at radius 2 is 1.93 bits per heavy atom. The number of thiophene rings is 1. The number of carbonyl (C=O) groups excluding carboxylic acids is 1. The van der Waals surface area contributed by atoms with Crippen molar-refractivity contribution in [3.63, 3.8) is 0 Å². The number of thiazole rings is 1. The van der Waals surface area contributed by atoms with Crippen molar-refractivity contribution < 1.29 is 4.79 Å². The molecule has 2 aromatic rings. The lowest BCUT2D eigenvalue weighted by molar-refractivity contribution is 0.0692. The molecule has 27 heavy (non-hydrogen) atoms. The van der Waals surface area contributed by atoms with E-state index in [2.05, 4.69) is 24.1 Å². The molecule has 1 aliphatic heterocycles. The molecule has 3 rings (SSSR count). The van der Waals surface area contributed by atoms with Gasteiger partial charge in [-0.25, -0.2) is 4.98 Å². The lowest BCUT2D eigenvalue weighted by atomic mass is 9.93. The minimum absolute atomic E-state index is 0. The molecule has 0 radical (unpaired) electrons. The molecule has 1 aliphatic rings. The van der Waals surface area contributed by atoms with E-state index >= 15 is 0 Å². The number of piperidine rings is 1. The summed E-state index contributed by atoms with van der Waals surface area (Å²) < 4.78 is 1.14. The molecule has 0 spiro atoms. The molecule has 1 saturated heterocycles. The third kappa shape index (κ3) is 5.70. The summed E-state index contributed by atoms with van der Waals surface area (Å²) in [5.74, 6) is 0.938. The van der Waals surface area contributed by atoms with Gasteiger partial charge in [-0.1, -0.05) is 11.3 Å². The van der Waals surface area contributed by atoms with Crippen molar-refractivity contribution in [3.8, 4) is 0 Å². The first kappa shape index (κ1) is 24.4. The average Bonchev–Trinajstić information content (AvgIpc) is 3.20. The van der Waals surface area contributed by atoms with Crippen molar-refractivity contribution in [2.45, 2.75) is 33.1 Å². The van der Waals surface area contributed by atoms with Gasteiger partial charge in [-0.3, -0.25) is 4.79 Å². The normalized spacial score (nSPS) is 14.7. The third-order valence-corrected chi connectivity index (χ3v) is 7.24. The largest absolute Gasteiger partial charge is 0.349 e. The van der Waals surface area contributed by atoms with Crippen molar-refractivity contribution in [3.05, 3.63) is 10.9 Å². The van der Waals surface area contributed by atoms with Crippen LogP contribution in [0.15, 0.2) is 6.07 Å². The number of aromatic nitrogens is 1. The van der Waals surface area contributed by atoms with Gasteiger partial charge >= 0.3 is 0 Å². The molecule has 3 heterocycles. The maximum Gasteiger partial charge on any atom is 0.264 e. The van der Waals surface area contributed by atoms with Crippen molar-refractivity contribution in [2.24, 2.45) is 5.92 Å². The van der Waals surface area contributed by atoms with Gasteiger partial charge in [0.2, 0.25) is 0 Å². The van der Waals surface area contributed by atoms with Gasteiger partial charge in [0.15, 0.2) is 5.13 Å². The Hall–Kier alpha value is -0.600. The van der Waals surface area contributed by atoms with Crippen LogP contribution >= 0.6 is 47.5 Å². The van der Waals surface area contributed by atoms with E-state index in [1.165, 1.54) is 6.42 Å². The van der Waals surface area contributed by atoms with Gasteiger partial charge in [0.25, 0.3) is 5.91 Å². The number of hydrogen-bond donors (Lipinski definition) is 1. The molecule has 0 bridgehead atoms. The molecule has 2 aromatic heterocycles. The molecule has 0 atom stereocenters. The molecular weight excluding hydrogens is 423 g/mol. The Morgan fingerprint density at radius 1 is 1.26 bits per heavy atom. The van der Waals surface area contributed by atoms with E-state index in [1.807, 2.05) is 18.0 Å². The average molecular weight is 454 g/mol. The van der Waals surface area contributed by atoms with E-state index in [0.717, 1.165) is 71.0 Å². The predicted molar refractivity (Wildman–Crippen MR) is 123 cm³/mol. The number of anilines is 1. The zero-order chi connectivity index (χ0) is 17.8. The van der Waals surface area contributed by atoms with Gasteiger partial charge in [0, 0.05) is 26.2 Å². The van der Waals surface area contributed by atoms with E-state index in [-0.39, 0.29) is 30.7 Å². The van der Waals surface area contributed by atoms with Crippen LogP contribution in [0.4, 0.5) is 5.13 Å². The molecule has 1 N–H and O–H groups in total. The molecule has 5 nitrogen and oxygen atoms in total. The van der Waals surface area contributed by atoms with Crippen LogP contribution in [0.2, 0.25) is 0 Å². The van der Waals surface area contributed by atoms with Gasteiger partial charge in [-0.15, -0.1) is 36.2 Å². The number of hydrogen-bond acceptors (Lipinski definition) is 6. The molecular formula is C18H30Cl2N4OS2. The Labute approximate surface area is 182 Å². The van der Waals surface area contributed by atoms with Crippen molar-refractivity contribution in [1.29, 1.82) is 0 Å². The third-order valence-electron chi connectivity index (χ3n) is 5.03. The van der Waals surface area contributed by atoms with Crippen LogP contribution in [-0.2, 0) is 0 Å². The van der Waals surface area contributed by atoms with Crippen molar-refractivity contribution >= 4 is 68.1 Å². The first-order valence-electron chi connectivity index (χ1n) is 9.25. The lowest BCUT2D eigenvalue weighted by Crippen LogP contribution is -2.38. The molecule has 0 unspecified atom stereocenters. The number of rotatable bonds is 7. The number of likely N-dealkylation sites (tertiary alicyclic amines) is 1. The van der Waals surface area contributed by atoms with Crippen molar-refractivity contribution in [2.75, 3.05) is 44.7 Å². The highest BCUT2D eigenvalue weighted by Crippen LogP contribution is 2.35. The molecule has 0 aliphatic carbocycles. The minimum atomic E-state index is 0. The maximum atomic E-state index is 12.8. The molecule has 154 valence electrons. The summed E-state index contributed by atoms with van der Waals surface area (Å²) in [5.41, 5.74) is 0. The van der Waals surface area contributed by atoms with Crippen LogP contribution in [-0.4, -0.2) is 55.6 Å². The van der Waals surface area contributed by atoms with E-state index in [1.54, 1.807) is 22.7 Å². The topological polar surface area (TPSA) is 48.5 Å². The summed E-state index contributed by atoms with van der Waals surface area (Å²) in [5, 5.41) is 4.28. The Morgan fingerprint density at radius 3 is 2.48 bits per heavy atom. The monoisotopic (exact) mass is 452 g/mol. The number of fused-ring (bicyclic) bond motifs is 1. The van der Waals surface area contributed by atoms with Gasteiger partial charge in [0.05, 0.1) is 9.58 Å². The second-order valence-electron chi connectivity index (χ2n) is 6.58. The van der Waals surface area contributed by atoms with Gasteiger partial charge in [-0.2, -0.15) is 0 Å². The summed E-state index contributed by atoms with van der Waals surface area (Å²) in [6.07, 6.45) is 3.46. The Kier molecular flexibility index (Phi) is 10.3. The smallest absolute Gasteiger partial charge is 0.264 e. The van der Waals surface area contributed by atoms with Gasteiger partial charge in [-0.05, 0) is 58.7 Å². The van der Waals surface area contributed by atoms with Gasteiger partial charge in [0.1, 0.15) is 4.83 Å². The van der Waals surface area contributed by atoms with Crippen LogP contribution in [0.5, 0.6) is 0 Å². The van der Waals surface area contributed by atoms with Crippen molar-refractivity contribution in [1.82, 2.24) is 15.2 Å². The highest BCUT2D eigenvalue weighted by Gasteiger charge is 2.25. The number of nitrogens with one attached hydrogen (secondary N) is 1. The minimum Gasteiger partial charge on any atom is -0.349 e. The van der Waals surface area contributed by atoms with Crippen LogP contribution < -0.4 is 10.2 Å². The van der Waals surface area contributed by atoms with Gasteiger partial charge < -0.3 is 15.1 Å². The first-order chi connectivity index (χ1) is 12.2. The SMILES string of the molecule is CCN(CC)c1nc2sc(C(=O)N3CCC(CCNC)CC3)cc2s1.Cl.Cl. The second kappa shape index (κ2) is 11.4. The van der Waals surface area contributed by atoms with E-state index in [0.29, 0.717) is 0 Å². The van der Waals surface area contributed by atoms with E-state index in [9.17, 15) is 4.79 Å². The fourth-order valence-electron chi connectivity index (χ4n) is 3.39.